The molecule has 0 N–H and O–H groups in total. The van der Waals surface area contributed by atoms with E-state index in [1.807, 2.05) is 23.6 Å². The molecule has 0 saturated carbocycles. The molecule has 6 nitrogen and oxygen atoms in total. The summed E-state index contributed by atoms with van der Waals surface area (Å²) in [7, 11) is 0. The number of thioether (sulfide) groups is 1. The lowest BCUT2D eigenvalue weighted by Gasteiger charge is -2.08. The third-order valence-corrected chi connectivity index (χ3v) is 3.86. The van der Waals surface area contributed by atoms with Crippen LogP contribution in [0.4, 0.5) is 0 Å². The molecular formula is C14H15N5OS. The number of benzene rings is 1. The van der Waals surface area contributed by atoms with Gasteiger partial charge in [-0.1, -0.05) is 29.1 Å². The van der Waals surface area contributed by atoms with Gasteiger partial charge in [-0.3, -0.25) is 4.57 Å². The number of aromatic nitrogens is 5. The predicted molar refractivity (Wildman–Crippen MR) is 79.4 cm³/mol. The summed E-state index contributed by atoms with van der Waals surface area (Å²) in [4.78, 5) is 4.19. The average molecular weight is 301 g/mol. The van der Waals surface area contributed by atoms with Crippen LogP contribution in [-0.2, 0) is 5.75 Å². The molecule has 0 amide bonds. The molecule has 3 aromatic rings. The molecule has 0 radical (unpaired) electrons. The highest BCUT2D eigenvalue weighted by Gasteiger charge is 2.13. The van der Waals surface area contributed by atoms with Crippen LogP contribution in [0.25, 0.3) is 5.69 Å². The summed E-state index contributed by atoms with van der Waals surface area (Å²) in [5.41, 5.74) is 2.26. The van der Waals surface area contributed by atoms with Crippen LogP contribution in [0.15, 0.2) is 33.9 Å². The van der Waals surface area contributed by atoms with Crippen LogP contribution in [0, 0.1) is 20.8 Å². The van der Waals surface area contributed by atoms with Gasteiger partial charge in [-0.25, -0.2) is 0 Å². The second kappa shape index (κ2) is 5.69. The van der Waals surface area contributed by atoms with Gasteiger partial charge in [0.15, 0.2) is 11.0 Å². The van der Waals surface area contributed by atoms with E-state index in [4.69, 9.17) is 4.52 Å². The van der Waals surface area contributed by atoms with Gasteiger partial charge in [-0.15, -0.1) is 10.2 Å². The quantitative estimate of drug-likeness (QED) is 0.690. The maximum Gasteiger partial charge on any atom is 0.237 e. The second-order valence-electron chi connectivity index (χ2n) is 4.73. The first-order valence-electron chi connectivity index (χ1n) is 6.54. The molecule has 2 heterocycles. The van der Waals surface area contributed by atoms with Crippen LogP contribution in [-0.4, -0.2) is 24.9 Å². The van der Waals surface area contributed by atoms with Crippen molar-refractivity contribution in [1.82, 2.24) is 24.9 Å². The van der Waals surface area contributed by atoms with Crippen LogP contribution in [0.2, 0.25) is 0 Å². The van der Waals surface area contributed by atoms with E-state index in [0.717, 1.165) is 16.7 Å². The summed E-state index contributed by atoms with van der Waals surface area (Å²) >= 11 is 1.53. The third-order valence-electron chi connectivity index (χ3n) is 2.95. The Labute approximate surface area is 126 Å². The average Bonchev–Trinajstić information content (AvgIpc) is 3.02. The molecule has 0 spiro atoms. The van der Waals surface area contributed by atoms with E-state index in [-0.39, 0.29) is 0 Å². The molecule has 0 fully saturated rings. The minimum Gasteiger partial charge on any atom is -0.338 e. The first-order valence-corrected chi connectivity index (χ1v) is 7.53. The van der Waals surface area contributed by atoms with Gasteiger partial charge in [0.25, 0.3) is 0 Å². The molecule has 0 saturated heterocycles. The molecule has 0 bridgehead atoms. The van der Waals surface area contributed by atoms with Gasteiger partial charge in [0.1, 0.15) is 5.82 Å². The number of aryl methyl sites for hydroxylation is 3. The number of hydrogen-bond donors (Lipinski definition) is 0. The first kappa shape index (κ1) is 13.8. The molecule has 1 aromatic carbocycles. The van der Waals surface area contributed by atoms with Crippen LogP contribution >= 0.6 is 11.8 Å². The SMILES string of the molecule is Cc1cccc(-n2c(C)nnc2SCc2nc(C)no2)c1. The summed E-state index contributed by atoms with van der Waals surface area (Å²) in [6, 6.07) is 8.25. The summed E-state index contributed by atoms with van der Waals surface area (Å²) in [6.45, 7) is 5.81. The van der Waals surface area contributed by atoms with Crippen molar-refractivity contribution in [3.8, 4) is 5.69 Å². The highest BCUT2D eigenvalue weighted by Crippen LogP contribution is 2.24. The fraction of sp³-hybridized carbons (Fsp3) is 0.286. The predicted octanol–water partition coefficient (Wildman–Crippen LogP) is 2.87. The lowest BCUT2D eigenvalue weighted by Crippen LogP contribution is -1.99. The van der Waals surface area contributed by atoms with Crippen LogP contribution in [0.3, 0.4) is 0 Å². The summed E-state index contributed by atoms with van der Waals surface area (Å²) < 4.78 is 7.15. The van der Waals surface area contributed by atoms with Crippen molar-refractivity contribution in [3.63, 3.8) is 0 Å². The van der Waals surface area contributed by atoms with E-state index in [9.17, 15) is 0 Å². The number of nitrogens with zero attached hydrogens (tertiary/aromatic N) is 5. The van der Waals surface area contributed by atoms with Crippen LogP contribution in [0.5, 0.6) is 0 Å². The van der Waals surface area contributed by atoms with E-state index >= 15 is 0 Å². The van der Waals surface area contributed by atoms with Gasteiger partial charge in [0.05, 0.1) is 5.75 Å². The second-order valence-corrected chi connectivity index (χ2v) is 5.67. The molecule has 7 heteroatoms. The minimum absolute atomic E-state index is 0.574. The first-order chi connectivity index (χ1) is 10.1. The van der Waals surface area contributed by atoms with Crippen LogP contribution in [0.1, 0.15) is 23.1 Å². The van der Waals surface area contributed by atoms with Gasteiger partial charge >= 0.3 is 0 Å². The summed E-state index contributed by atoms with van der Waals surface area (Å²) in [6.07, 6.45) is 0. The van der Waals surface area contributed by atoms with Gasteiger partial charge in [-0.2, -0.15) is 4.98 Å². The fourth-order valence-corrected chi connectivity index (χ4v) is 2.86. The highest BCUT2D eigenvalue weighted by molar-refractivity contribution is 7.98. The largest absolute Gasteiger partial charge is 0.338 e. The molecule has 21 heavy (non-hydrogen) atoms. The molecule has 0 aliphatic rings. The minimum atomic E-state index is 0.574. The summed E-state index contributed by atoms with van der Waals surface area (Å²) in [5, 5.41) is 13.0. The Hall–Kier alpha value is -2.15. The van der Waals surface area contributed by atoms with E-state index in [1.54, 1.807) is 6.92 Å². The number of hydrogen-bond acceptors (Lipinski definition) is 6. The maximum atomic E-state index is 5.12. The van der Waals surface area contributed by atoms with Crippen LogP contribution < -0.4 is 0 Å². The monoisotopic (exact) mass is 301 g/mol. The Morgan fingerprint density at radius 2 is 2.05 bits per heavy atom. The molecule has 0 aliphatic carbocycles. The van der Waals surface area contributed by atoms with Gasteiger partial charge < -0.3 is 4.52 Å². The molecule has 0 atom stereocenters. The number of rotatable bonds is 4. The van der Waals surface area contributed by atoms with Gasteiger partial charge in [-0.05, 0) is 38.5 Å². The smallest absolute Gasteiger partial charge is 0.237 e. The standard InChI is InChI=1S/C14H15N5OS/c1-9-5-4-6-12(7-9)19-11(3)16-17-14(19)21-8-13-15-10(2)18-20-13/h4-7H,8H2,1-3H3. The molecule has 108 valence electrons. The normalized spacial score (nSPS) is 11.0. The topological polar surface area (TPSA) is 69.6 Å². The maximum absolute atomic E-state index is 5.12. The van der Waals surface area contributed by atoms with Gasteiger partial charge in [0, 0.05) is 5.69 Å². The third kappa shape index (κ3) is 2.97. The molecule has 2 aromatic heterocycles. The van der Waals surface area contributed by atoms with Gasteiger partial charge in [0.2, 0.25) is 5.89 Å². The zero-order valence-corrected chi connectivity index (χ0v) is 12.9. The van der Waals surface area contributed by atoms with E-state index in [2.05, 4.69) is 39.4 Å². The van der Waals surface area contributed by atoms with Crippen molar-refractivity contribution >= 4 is 11.8 Å². The van der Waals surface area contributed by atoms with Crippen molar-refractivity contribution in [1.29, 1.82) is 0 Å². The highest BCUT2D eigenvalue weighted by atomic mass is 32.2. The van der Waals surface area contributed by atoms with Crippen molar-refractivity contribution in [2.75, 3.05) is 0 Å². The Balaban J connectivity index is 1.86. The zero-order chi connectivity index (χ0) is 14.8. The Bertz CT molecular complexity index is 764. The van der Waals surface area contributed by atoms with Crippen molar-refractivity contribution < 1.29 is 4.52 Å². The molecule has 0 aliphatic heterocycles. The molecule has 3 rings (SSSR count). The van der Waals surface area contributed by atoms with E-state index < -0.39 is 0 Å². The Kier molecular flexibility index (Phi) is 3.74. The lowest BCUT2D eigenvalue weighted by molar-refractivity contribution is 0.387. The van der Waals surface area contributed by atoms with Crippen molar-refractivity contribution in [3.05, 3.63) is 47.4 Å². The zero-order valence-electron chi connectivity index (χ0n) is 12.1. The van der Waals surface area contributed by atoms with Crippen molar-refractivity contribution in [2.24, 2.45) is 0 Å². The Morgan fingerprint density at radius 1 is 1.19 bits per heavy atom. The molecular weight excluding hydrogens is 286 g/mol. The summed E-state index contributed by atoms with van der Waals surface area (Å²) in [5.74, 6) is 2.66. The van der Waals surface area contributed by atoms with E-state index in [1.165, 1.54) is 17.3 Å². The lowest BCUT2D eigenvalue weighted by atomic mass is 10.2. The molecule has 0 unspecified atom stereocenters. The van der Waals surface area contributed by atoms with Crippen molar-refractivity contribution in [2.45, 2.75) is 31.7 Å². The Morgan fingerprint density at radius 3 is 2.76 bits per heavy atom. The fourth-order valence-electron chi connectivity index (χ4n) is 2.03. The van der Waals surface area contributed by atoms with E-state index in [0.29, 0.717) is 17.5 Å².